The highest BCUT2D eigenvalue weighted by Gasteiger charge is 2.28. The van der Waals surface area contributed by atoms with Gasteiger partial charge in [0.05, 0.1) is 14.2 Å². The van der Waals surface area contributed by atoms with Crippen molar-refractivity contribution in [2.24, 2.45) is 17.8 Å². The van der Waals surface area contributed by atoms with Gasteiger partial charge in [0, 0.05) is 21.2 Å². The van der Waals surface area contributed by atoms with Crippen LogP contribution in [0, 0.1) is 31.6 Å². The summed E-state index contributed by atoms with van der Waals surface area (Å²) in [5.74, 6) is 4.77. The predicted octanol–water partition coefficient (Wildman–Crippen LogP) is 7.40. The predicted molar refractivity (Wildman–Crippen MR) is 117 cm³/mol. The SMILES string of the molecule is COc1c(C)c(Br)c(C)c(OC)c1CC1CCC(CC2CCCCC2)CC1. The van der Waals surface area contributed by atoms with Crippen molar-refractivity contribution < 1.29 is 9.47 Å². The summed E-state index contributed by atoms with van der Waals surface area (Å²) in [6.45, 7) is 4.28. The van der Waals surface area contributed by atoms with Gasteiger partial charge in [0.1, 0.15) is 11.5 Å². The van der Waals surface area contributed by atoms with Gasteiger partial charge in [-0.3, -0.25) is 0 Å². The zero-order chi connectivity index (χ0) is 19.4. The molecule has 0 unspecified atom stereocenters. The minimum absolute atomic E-state index is 0.760. The molecule has 2 fully saturated rings. The van der Waals surface area contributed by atoms with Crippen molar-refractivity contribution >= 4 is 15.9 Å². The summed E-state index contributed by atoms with van der Waals surface area (Å²) in [7, 11) is 3.57. The van der Waals surface area contributed by atoms with Gasteiger partial charge in [-0.25, -0.2) is 0 Å². The van der Waals surface area contributed by atoms with Crippen LogP contribution in [-0.2, 0) is 6.42 Å². The summed E-state index contributed by atoms with van der Waals surface area (Å²) in [6, 6.07) is 0. The highest BCUT2D eigenvalue weighted by molar-refractivity contribution is 9.10. The zero-order valence-electron chi connectivity index (χ0n) is 17.7. The van der Waals surface area contributed by atoms with Gasteiger partial charge >= 0.3 is 0 Å². The Kier molecular flexibility index (Phi) is 7.53. The Morgan fingerprint density at radius 2 is 1.22 bits per heavy atom. The van der Waals surface area contributed by atoms with Crippen LogP contribution in [0.2, 0.25) is 0 Å². The van der Waals surface area contributed by atoms with E-state index in [1.165, 1.54) is 80.9 Å². The fourth-order valence-corrected chi connectivity index (χ4v) is 5.99. The molecular formula is C24H37BrO2. The lowest BCUT2D eigenvalue weighted by Gasteiger charge is -2.33. The molecule has 0 aliphatic heterocycles. The number of hydrogen-bond acceptors (Lipinski definition) is 2. The van der Waals surface area contributed by atoms with Gasteiger partial charge in [-0.15, -0.1) is 0 Å². The summed E-state index contributed by atoms with van der Waals surface area (Å²) >= 11 is 3.72. The molecule has 0 amide bonds. The molecule has 0 N–H and O–H groups in total. The van der Waals surface area contributed by atoms with Crippen molar-refractivity contribution in [1.82, 2.24) is 0 Å². The first-order chi connectivity index (χ1) is 13.0. The summed E-state index contributed by atoms with van der Waals surface area (Å²) in [5.41, 5.74) is 3.66. The van der Waals surface area contributed by atoms with Crippen molar-refractivity contribution in [3.8, 4) is 11.5 Å². The first-order valence-electron chi connectivity index (χ1n) is 10.9. The molecule has 0 atom stereocenters. The maximum absolute atomic E-state index is 5.81. The Morgan fingerprint density at radius 1 is 0.741 bits per heavy atom. The van der Waals surface area contributed by atoms with Crippen LogP contribution in [0.15, 0.2) is 4.47 Å². The molecule has 1 aromatic carbocycles. The van der Waals surface area contributed by atoms with Crippen molar-refractivity contribution in [2.45, 2.75) is 84.5 Å². The fourth-order valence-electron chi connectivity index (χ4n) is 5.63. The Morgan fingerprint density at radius 3 is 1.74 bits per heavy atom. The molecule has 3 heteroatoms. The molecule has 152 valence electrons. The van der Waals surface area contributed by atoms with E-state index in [9.17, 15) is 0 Å². The third kappa shape index (κ3) is 4.83. The normalized spacial score (nSPS) is 24.0. The molecule has 2 aliphatic carbocycles. The summed E-state index contributed by atoms with van der Waals surface area (Å²) in [5, 5.41) is 0. The Labute approximate surface area is 174 Å². The number of methoxy groups -OCH3 is 2. The molecule has 1 aromatic rings. The molecule has 0 radical (unpaired) electrons. The van der Waals surface area contributed by atoms with E-state index in [-0.39, 0.29) is 0 Å². The Bertz CT molecular complexity index is 595. The van der Waals surface area contributed by atoms with E-state index < -0.39 is 0 Å². The second-order valence-electron chi connectivity index (χ2n) is 8.94. The van der Waals surface area contributed by atoms with Crippen molar-refractivity contribution in [2.75, 3.05) is 14.2 Å². The molecule has 0 spiro atoms. The minimum Gasteiger partial charge on any atom is -0.496 e. The molecular weight excluding hydrogens is 400 g/mol. The van der Waals surface area contributed by atoms with Gasteiger partial charge in [0.2, 0.25) is 0 Å². The first-order valence-corrected chi connectivity index (χ1v) is 11.7. The second-order valence-corrected chi connectivity index (χ2v) is 9.73. The summed E-state index contributed by atoms with van der Waals surface area (Å²) in [4.78, 5) is 0. The Hall–Kier alpha value is -0.700. The van der Waals surface area contributed by atoms with Crippen LogP contribution in [0.5, 0.6) is 11.5 Å². The van der Waals surface area contributed by atoms with E-state index in [4.69, 9.17) is 9.47 Å². The molecule has 0 aromatic heterocycles. The van der Waals surface area contributed by atoms with Gasteiger partial charge in [-0.2, -0.15) is 0 Å². The van der Waals surface area contributed by atoms with Crippen molar-refractivity contribution in [3.63, 3.8) is 0 Å². The van der Waals surface area contributed by atoms with Gasteiger partial charge in [0.25, 0.3) is 0 Å². The largest absolute Gasteiger partial charge is 0.496 e. The van der Waals surface area contributed by atoms with Crippen LogP contribution in [0.3, 0.4) is 0 Å². The molecule has 27 heavy (non-hydrogen) atoms. The summed E-state index contributed by atoms with van der Waals surface area (Å²) in [6.07, 6.45) is 15.5. The molecule has 2 aliphatic rings. The van der Waals surface area contributed by atoms with Crippen LogP contribution in [0.4, 0.5) is 0 Å². The third-order valence-electron chi connectivity index (χ3n) is 7.15. The fraction of sp³-hybridized carbons (Fsp3) is 0.750. The lowest BCUT2D eigenvalue weighted by Crippen LogP contribution is -2.20. The van der Waals surface area contributed by atoms with E-state index >= 15 is 0 Å². The maximum atomic E-state index is 5.81. The maximum Gasteiger partial charge on any atom is 0.129 e. The van der Waals surface area contributed by atoms with E-state index in [0.717, 1.165) is 40.1 Å². The van der Waals surface area contributed by atoms with Crippen molar-refractivity contribution in [1.29, 1.82) is 0 Å². The smallest absolute Gasteiger partial charge is 0.129 e. The van der Waals surface area contributed by atoms with E-state index in [1.807, 2.05) is 0 Å². The average molecular weight is 437 g/mol. The number of rotatable bonds is 6. The highest BCUT2D eigenvalue weighted by Crippen LogP contribution is 2.44. The Balaban J connectivity index is 1.64. The zero-order valence-corrected chi connectivity index (χ0v) is 19.3. The van der Waals surface area contributed by atoms with Crippen LogP contribution in [0.1, 0.15) is 80.9 Å². The topological polar surface area (TPSA) is 18.5 Å². The van der Waals surface area contributed by atoms with Crippen LogP contribution in [-0.4, -0.2) is 14.2 Å². The quantitative estimate of drug-likeness (QED) is 0.462. The molecule has 2 saturated carbocycles. The molecule has 0 bridgehead atoms. The van der Waals surface area contributed by atoms with Crippen LogP contribution >= 0.6 is 15.9 Å². The molecule has 0 saturated heterocycles. The van der Waals surface area contributed by atoms with E-state index in [1.54, 1.807) is 14.2 Å². The standard InChI is InChI=1S/C24H37BrO2/c1-16-22(25)17(2)24(27-4)21(23(16)26-3)15-20-12-10-19(11-13-20)14-18-8-6-5-7-9-18/h18-20H,5-15H2,1-4H3. The monoisotopic (exact) mass is 436 g/mol. The number of benzene rings is 1. The summed E-state index contributed by atoms with van der Waals surface area (Å²) < 4.78 is 12.7. The molecule has 3 rings (SSSR count). The van der Waals surface area contributed by atoms with Gasteiger partial charge in [-0.05, 0) is 73.2 Å². The minimum atomic E-state index is 0.760. The van der Waals surface area contributed by atoms with Gasteiger partial charge in [-0.1, -0.05) is 44.9 Å². The molecule has 2 nitrogen and oxygen atoms in total. The van der Waals surface area contributed by atoms with E-state index in [0.29, 0.717) is 0 Å². The number of hydrogen-bond donors (Lipinski definition) is 0. The van der Waals surface area contributed by atoms with Crippen molar-refractivity contribution in [3.05, 3.63) is 21.2 Å². The lowest BCUT2D eigenvalue weighted by molar-refractivity contribution is 0.210. The van der Waals surface area contributed by atoms with Gasteiger partial charge < -0.3 is 9.47 Å². The third-order valence-corrected chi connectivity index (χ3v) is 8.34. The number of ether oxygens (including phenoxy) is 2. The van der Waals surface area contributed by atoms with E-state index in [2.05, 4.69) is 29.8 Å². The highest BCUT2D eigenvalue weighted by atomic mass is 79.9. The average Bonchev–Trinajstić information content (AvgIpc) is 2.69. The second kappa shape index (κ2) is 9.67. The van der Waals surface area contributed by atoms with Crippen LogP contribution in [0.25, 0.3) is 0 Å². The van der Waals surface area contributed by atoms with Gasteiger partial charge in [0.15, 0.2) is 0 Å². The first kappa shape index (κ1) is 21.0. The molecule has 0 heterocycles. The van der Waals surface area contributed by atoms with Crippen LogP contribution < -0.4 is 9.47 Å². The number of halogens is 1. The lowest BCUT2D eigenvalue weighted by atomic mass is 9.73.